The number of allylic oxidation sites excluding steroid dienone is 1. The van der Waals surface area contributed by atoms with Gasteiger partial charge in [0.05, 0.1) is 16.3 Å². The van der Waals surface area contributed by atoms with Gasteiger partial charge in [0, 0.05) is 6.54 Å². The molecule has 3 aromatic rings. The van der Waals surface area contributed by atoms with Gasteiger partial charge in [-0.3, -0.25) is 4.79 Å². The van der Waals surface area contributed by atoms with Gasteiger partial charge >= 0.3 is 5.97 Å². The van der Waals surface area contributed by atoms with Crippen molar-refractivity contribution in [1.29, 1.82) is 0 Å². The van der Waals surface area contributed by atoms with Crippen molar-refractivity contribution < 1.29 is 9.90 Å². The average molecular weight is 428 g/mol. The summed E-state index contributed by atoms with van der Waals surface area (Å²) in [5.74, 6) is -0.974. The summed E-state index contributed by atoms with van der Waals surface area (Å²) in [6.07, 6.45) is 2.41. The Labute approximate surface area is 178 Å². The van der Waals surface area contributed by atoms with E-state index < -0.39 is 5.97 Å². The van der Waals surface area contributed by atoms with Crippen LogP contribution in [0, 0.1) is 0 Å². The Kier molecular flexibility index (Phi) is 6.57. The molecule has 0 bridgehead atoms. The van der Waals surface area contributed by atoms with E-state index in [-0.39, 0.29) is 16.1 Å². The number of aromatic nitrogens is 1. The zero-order valence-corrected chi connectivity index (χ0v) is 17.2. The van der Waals surface area contributed by atoms with E-state index in [4.69, 9.17) is 28.3 Å². The lowest BCUT2D eigenvalue weighted by atomic mass is 10.1. The third-order valence-electron chi connectivity index (χ3n) is 4.65. The van der Waals surface area contributed by atoms with Crippen LogP contribution in [0.3, 0.4) is 0 Å². The molecule has 1 heterocycles. The summed E-state index contributed by atoms with van der Waals surface area (Å²) in [5, 5.41) is 9.47. The van der Waals surface area contributed by atoms with Crippen molar-refractivity contribution in [3.8, 4) is 0 Å². The van der Waals surface area contributed by atoms with E-state index in [1.807, 2.05) is 43.3 Å². The molecule has 0 spiro atoms. The zero-order chi connectivity index (χ0) is 21.0. The highest BCUT2D eigenvalue weighted by molar-refractivity contribution is 6.35. The van der Waals surface area contributed by atoms with Crippen LogP contribution in [0.1, 0.15) is 34.1 Å². The topological polar surface area (TPSA) is 59.3 Å². The van der Waals surface area contributed by atoms with E-state index in [0.29, 0.717) is 23.7 Å². The molecule has 0 radical (unpaired) electrons. The summed E-state index contributed by atoms with van der Waals surface area (Å²) in [4.78, 5) is 23.7. The number of nitrogens with zero attached hydrogens (tertiary/aromatic N) is 1. The van der Waals surface area contributed by atoms with Gasteiger partial charge in [-0.1, -0.05) is 65.7 Å². The molecule has 2 aromatic carbocycles. The number of hydrogen-bond acceptors (Lipinski definition) is 2. The second-order valence-corrected chi connectivity index (χ2v) is 7.44. The fraction of sp³-hybridized carbons (Fsp3) is 0.130. The van der Waals surface area contributed by atoms with E-state index in [9.17, 15) is 9.59 Å². The Morgan fingerprint density at radius 1 is 1.00 bits per heavy atom. The quantitative estimate of drug-likeness (QED) is 0.552. The lowest BCUT2D eigenvalue weighted by molar-refractivity contribution is 0.0697. The predicted octanol–water partition coefficient (Wildman–Crippen LogP) is 5.66. The van der Waals surface area contributed by atoms with Gasteiger partial charge in [0.2, 0.25) is 0 Å². The SMILES string of the molecule is C/C(=C\c1c(Cl)cc(Cl)c(=O)n1CCc1ccc(C(=O)O)cc1)c1ccccc1. The first-order chi connectivity index (χ1) is 13.9. The lowest BCUT2D eigenvalue weighted by Crippen LogP contribution is -2.24. The van der Waals surface area contributed by atoms with Crippen molar-refractivity contribution in [2.24, 2.45) is 0 Å². The lowest BCUT2D eigenvalue weighted by Gasteiger charge is -2.14. The van der Waals surface area contributed by atoms with E-state index in [1.165, 1.54) is 6.07 Å². The van der Waals surface area contributed by atoms with Gasteiger partial charge in [0.25, 0.3) is 5.56 Å². The van der Waals surface area contributed by atoms with Crippen molar-refractivity contribution in [2.75, 3.05) is 0 Å². The maximum atomic E-state index is 12.7. The first-order valence-corrected chi connectivity index (χ1v) is 9.77. The van der Waals surface area contributed by atoms with Crippen LogP contribution in [-0.4, -0.2) is 15.6 Å². The second-order valence-electron chi connectivity index (χ2n) is 6.63. The first kappa shape index (κ1) is 20.9. The minimum absolute atomic E-state index is 0.0609. The number of carboxylic acids is 1. The Hall–Kier alpha value is -2.82. The van der Waals surface area contributed by atoms with Crippen LogP contribution in [0.4, 0.5) is 0 Å². The molecule has 0 aliphatic heterocycles. The molecule has 0 fully saturated rings. The van der Waals surface area contributed by atoms with E-state index >= 15 is 0 Å². The minimum Gasteiger partial charge on any atom is -0.478 e. The van der Waals surface area contributed by atoms with E-state index in [2.05, 4.69) is 0 Å². The Morgan fingerprint density at radius 2 is 1.66 bits per heavy atom. The molecular weight excluding hydrogens is 409 g/mol. The summed E-state index contributed by atoms with van der Waals surface area (Å²) < 4.78 is 1.56. The average Bonchev–Trinajstić information content (AvgIpc) is 2.72. The van der Waals surface area contributed by atoms with Crippen LogP contribution in [0.15, 0.2) is 65.5 Å². The summed E-state index contributed by atoms with van der Waals surface area (Å²) in [5.41, 5.74) is 3.40. The van der Waals surface area contributed by atoms with Gasteiger partial charge in [0.1, 0.15) is 5.02 Å². The van der Waals surface area contributed by atoms with Gasteiger partial charge in [-0.15, -0.1) is 0 Å². The summed E-state index contributed by atoms with van der Waals surface area (Å²) >= 11 is 12.5. The number of rotatable bonds is 6. The Balaban J connectivity index is 1.95. The monoisotopic (exact) mass is 427 g/mol. The molecule has 0 aliphatic rings. The highest BCUT2D eigenvalue weighted by Crippen LogP contribution is 2.24. The van der Waals surface area contributed by atoms with Crippen LogP contribution in [0.5, 0.6) is 0 Å². The molecule has 0 saturated heterocycles. The maximum Gasteiger partial charge on any atom is 0.335 e. The number of carbonyl (C=O) groups is 1. The van der Waals surface area contributed by atoms with Crippen molar-refractivity contribution in [2.45, 2.75) is 19.9 Å². The van der Waals surface area contributed by atoms with Crippen LogP contribution >= 0.6 is 23.2 Å². The van der Waals surface area contributed by atoms with Crippen molar-refractivity contribution in [3.63, 3.8) is 0 Å². The van der Waals surface area contributed by atoms with Gasteiger partial charge in [-0.05, 0) is 54.3 Å². The normalized spacial score (nSPS) is 11.5. The number of hydrogen-bond donors (Lipinski definition) is 1. The third kappa shape index (κ3) is 4.97. The van der Waals surface area contributed by atoms with E-state index in [0.717, 1.165) is 16.7 Å². The van der Waals surface area contributed by atoms with E-state index in [1.54, 1.807) is 28.8 Å². The molecule has 148 valence electrons. The Bertz CT molecular complexity index is 1120. The standard InChI is InChI=1S/C23H19Cl2NO3/c1-15(17-5-3-2-4-6-17)13-21-19(24)14-20(25)22(27)26(21)12-11-16-7-9-18(10-8-16)23(28)29/h2-10,13-14H,11-12H2,1H3,(H,28,29)/b15-13+. The summed E-state index contributed by atoms with van der Waals surface area (Å²) in [6, 6.07) is 17.9. The number of benzene rings is 2. The molecule has 0 aliphatic carbocycles. The number of aryl methyl sites for hydroxylation is 1. The molecule has 0 amide bonds. The number of carboxylic acid groups (broad SMARTS) is 1. The number of pyridine rings is 1. The highest BCUT2D eigenvalue weighted by atomic mass is 35.5. The molecule has 1 N–H and O–H groups in total. The number of aromatic carboxylic acids is 1. The molecule has 4 nitrogen and oxygen atoms in total. The zero-order valence-electron chi connectivity index (χ0n) is 15.7. The summed E-state index contributed by atoms with van der Waals surface area (Å²) in [6.45, 7) is 2.32. The van der Waals surface area contributed by atoms with Gasteiger partial charge in [0.15, 0.2) is 0 Å². The molecule has 29 heavy (non-hydrogen) atoms. The smallest absolute Gasteiger partial charge is 0.335 e. The molecular formula is C23H19Cl2NO3. The first-order valence-electron chi connectivity index (χ1n) is 9.01. The fourth-order valence-electron chi connectivity index (χ4n) is 3.03. The second kappa shape index (κ2) is 9.12. The fourth-order valence-corrected chi connectivity index (χ4v) is 3.56. The molecule has 0 atom stereocenters. The van der Waals surface area contributed by atoms with Crippen LogP contribution in [0.2, 0.25) is 10.0 Å². The third-order valence-corrected chi connectivity index (χ3v) is 5.22. The van der Waals surface area contributed by atoms with Crippen molar-refractivity contribution >= 4 is 40.8 Å². The van der Waals surface area contributed by atoms with Crippen molar-refractivity contribution in [1.82, 2.24) is 4.57 Å². The minimum atomic E-state index is -0.974. The summed E-state index contributed by atoms with van der Waals surface area (Å²) in [7, 11) is 0. The molecule has 3 rings (SSSR count). The van der Waals surface area contributed by atoms with Gasteiger partial charge in [-0.2, -0.15) is 0 Å². The van der Waals surface area contributed by atoms with Crippen LogP contribution in [-0.2, 0) is 13.0 Å². The molecule has 1 aromatic heterocycles. The molecule has 0 saturated carbocycles. The van der Waals surface area contributed by atoms with Crippen LogP contribution < -0.4 is 5.56 Å². The largest absolute Gasteiger partial charge is 0.478 e. The van der Waals surface area contributed by atoms with Gasteiger partial charge in [-0.25, -0.2) is 4.79 Å². The maximum absolute atomic E-state index is 12.7. The Morgan fingerprint density at radius 3 is 2.28 bits per heavy atom. The number of halogens is 2. The van der Waals surface area contributed by atoms with Crippen molar-refractivity contribution in [3.05, 3.63) is 103 Å². The predicted molar refractivity (Wildman–Crippen MR) is 118 cm³/mol. The molecule has 0 unspecified atom stereocenters. The van der Waals surface area contributed by atoms with Crippen LogP contribution in [0.25, 0.3) is 11.6 Å². The van der Waals surface area contributed by atoms with Gasteiger partial charge < -0.3 is 9.67 Å². The highest BCUT2D eigenvalue weighted by Gasteiger charge is 2.12. The molecule has 6 heteroatoms.